The molecule has 0 aliphatic carbocycles. The second-order valence-corrected chi connectivity index (χ2v) is 7.05. The number of nitrogens with one attached hydrogen (secondary N) is 1. The third-order valence-electron chi connectivity index (χ3n) is 4.67. The van der Waals surface area contributed by atoms with Crippen molar-refractivity contribution in [3.63, 3.8) is 0 Å². The standard InChI is InChI=1S/C22H20F3N3O4/c1-12(13(2)29)26-20(30)18-11-19(14-6-8-17(9-7-14)32-22(24)25)27-28(21(18)31)16-5-3-4-15(23)10-16/h3-13,22,29H,1-2H3,(H,26,30)/t12-,13+/m0/s1. The van der Waals surface area contributed by atoms with Crippen LogP contribution < -0.4 is 15.6 Å². The molecule has 0 saturated heterocycles. The van der Waals surface area contributed by atoms with Crippen LogP contribution in [-0.4, -0.2) is 39.6 Å². The highest BCUT2D eigenvalue weighted by Gasteiger charge is 2.20. The number of halogens is 3. The van der Waals surface area contributed by atoms with Crippen molar-refractivity contribution in [3.8, 4) is 22.7 Å². The van der Waals surface area contributed by atoms with E-state index in [4.69, 9.17) is 0 Å². The molecule has 1 amide bonds. The maximum atomic E-state index is 13.8. The van der Waals surface area contributed by atoms with Gasteiger partial charge >= 0.3 is 6.61 Å². The molecule has 2 aromatic carbocycles. The van der Waals surface area contributed by atoms with Crippen LogP contribution in [0.2, 0.25) is 0 Å². The van der Waals surface area contributed by atoms with Crippen molar-refractivity contribution in [2.45, 2.75) is 32.6 Å². The van der Waals surface area contributed by atoms with Crippen molar-refractivity contribution in [3.05, 3.63) is 76.3 Å². The smallest absolute Gasteiger partial charge is 0.387 e. The van der Waals surface area contributed by atoms with E-state index < -0.39 is 36.0 Å². The molecule has 10 heteroatoms. The van der Waals surface area contributed by atoms with Crippen molar-refractivity contribution in [1.82, 2.24) is 15.1 Å². The number of hydrogen-bond acceptors (Lipinski definition) is 5. The van der Waals surface area contributed by atoms with Gasteiger partial charge in [0.15, 0.2) is 0 Å². The van der Waals surface area contributed by atoms with Crippen LogP contribution in [-0.2, 0) is 0 Å². The van der Waals surface area contributed by atoms with E-state index in [2.05, 4.69) is 15.2 Å². The first-order chi connectivity index (χ1) is 15.2. The van der Waals surface area contributed by atoms with Gasteiger partial charge in [-0.15, -0.1) is 0 Å². The van der Waals surface area contributed by atoms with E-state index in [9.17, 15) is 27.9 Å². The van der Waals surface area contributed by atoms with Crippen LogP contribution in [0.25, 0.3) is 16.9 Å². The summed E-state index contributed by atoms with van der Waals surface area (Å²) in [6.07, 6.45) is -0.868. The van der Waals surface area contributed by atoms with Gasteiger partial charge in [0.05, 0.1) is 23.5 Å². The summed E-state index contributed by atoms with van der Waals surface area (Å²) in [5.41, 5.74) is -0.444. The number of ether oxygens (including phenoxy) is 1. The number of hydrogen-bond donors (Lipinski definition) is 2. The molecular formula is C22H20F3N3O4. The summed E-state index contributed by atoms with van der Waals surface area (Å²) in [4.78, 5) is 25.7. The Morgan fingerprint density at radius 3 is 2.41 bits per heavy atom. The summed E-state index contributed by atoms with van der Waals surface area (Å²) in [5, 5.41) is 16.4. The van der Waals surface area contributed by atoms with Gasteiger partial charge in [-0.05, 0) is 62.4 Å². The molecule has 0 radical (unpaired) electrons. The minimum absolute atomic E-state index is 0.0778. The lowest BCUT2D eigenvalue weighted by Gasteiger charge is -2.17. The Morgan fingerprint density at radius 1 is 1.12 bits per heavy atom. The number of rotatable bonds is 7. The van der Waals surface area contributed by atoms with Crippen LogP contribution in [0.5, 0.6) is 5.75 Å². The van der Waals surface area contributed by atoms with Crippen LogP contribution in [0.15, 0.2) is 59.4 Å². The summed E-state index contributed by atoms with van der Waals surface area (Å²) in [5.74, 6) is -1.44. The Kier molecular flexibility index (Phi) is 6.94. The molecular weight excluding hydrogens is 427 g/mol. The van der Waals surface area contributed by atoms with E-state index in [1.165, 1.54) is 55.5 Å². The monoisotopic (exact) mass is 447 g/mol. The van der Waals surface area contributed by atoms with Crippen molar-refractivity contribution in [1.29, 1.82) is 0 Å². The molecule has 0 bridgehead atoms. The van der Waals surface area contributed by atoms with Gasteiger partial charge in [0.2, 0.25) is 0 Å². The Balaban J connectivity index is 2.12. The Bertz CT molecular complexity index is 1160. The van der Waals surface area contributed by atoms with Gasteiger partial charge in [0.1, 0.15) is 17.1 Å². The number of carbonyl (C=O) groups is 1. The molecule has 1 aromatic heterocycles. The maximum absolute atomic E-state index is 13.8. The Morgan fingerprint density at radius 2 is 1.81 bits per heavy atom. The molecule has 0 aliphatic heterocycles. The first kappa shape index (κ1) is 23.0. The number of carbonyl (C=O) groups excluding carboxylic acids is 1. The van der Waals surface area contributed by atoms with Gasteiger partial charge in [-0.2, -0.15) is 18.6 Å². The van der Waals surface area contributed by atoms with Crippen LogP contribution >= 0.6 is 0 Å². The fourth-order valence-corrected chi connectivity index (χ4v) is 2.79. The Hall–Kier alpha value is -3.66. The normalized spacial score (nSPS) is 13.0. The van der Waals surface area contributed by atoms with E-state index in [-0.39, 0.29) is 22.7 Å². The number of benzene rings is 2. The summed E-state index contributed by atoms with van der Waals surface area (Å²) < 4.78 is 43.7. The van der Waals surface area contributed by atoms with Gasteiger partial charge in [-0.1, -0.05) is 6.07 Å². The predicted molar refractivity (Wildman–Crippen MR) is 110 cm³/mol. The maximum Gasteiger partial charge on any atom is 0.387 e. The average molecular weight is 447 g/mol. The molecule has 1 heterocycles. The van der Waals surface area contributed by atoms with E-state index >= 15 is 0 Å². The van der Waals surface area contributed by atoms with Gasteiger partial charge in [0.25, 0.3) is 11.5 Å². The molecule has 0 saturated carbocycles. The minimum Gasteiger partial charge on any atom is -0.435 e. The van der Waals surface area contributed by atoms with Gasteiger partial charge in [0, 0.05) is 5.56 Å². The second-order valence-electron chi connectivity index (χ2n) is 7.05. The number of aliphatic hydroxyl groups excluding tert-OH is 1. The fourth-order valence-electron chi connectivity index (χ4n) is 2.79. The predicted octanol–water partition coefficient (Wildman–Crippen LogP) is 3.14. The van der Waals surface area contributed by atoms with Crippen LogP contribution in [0.4, 0.5) is 13.2 Å². The summed E-state index contributed by atoms with van der Waals surface area (Å²) in [6.45, 7) is 0.0640. The van der Waals surface area contributed by atoms with Crippen molar-refractivity contribution in [2.75, 3.05) is 0 Å². The molecule has 3 aromatic rings. The van der Waals surface area contributed by atoms with E-state index in [1.54, 1.807) is 6.92 Å². The molecule has 0 aliphatic rings. The van der Waals surface area contributed by atoms with E-state index in [0.717, 1.165) is 10.7 Å². The summed E-state index contributed by atoms with van der Waals surface area (Å²) >= 11 is 0. The molecule has 7 nitrogen and oxygen atoms in total. The highest BCUT2D eigenvalue weighted by Crippen LogP contribution is 2.22. The van der Waals surface area contributed by atoms with Gasteiger partial charge < -0.3 is 15.2 Å². The highest BCUT2D eigenvalue weighted by atomic mass is 19.3. The molecule has 32 heavy (non-hydrogen) atoms. The zero-order valence-electron chi connectivity index (χ0n) is 17.1. The first-order valence-corrected chi connectivity index (χ1v) is 9.60. The lowest BCUT2D eigenvalue weighted by Crippen LogP contribution is -2.42. The van der Waals surface area contributed by atoms with Crippen LogP contribution in [0.1, 0.15) is 24.2 Å². The lowest BCUT2D eigenvalue weighted by atomic mass is 10.1. The molecule has 3 rings (SSSR count). The molecule has 0 fully saturated rings. The number of aliphatic hydroxyl groups is 1. The van der Waals surface area contributed by atoms with Crippen LogP contribution in [0.3, 0.4) is 0 Å². The van der Waals surface area contributed by atoms with Crippen LogP contribution in [0, 0.1) is 5.82 Å². The third-order valence-corrected chi connectivity index (χ3v) is 4.67. The number of alkyl halides is 2. The van der Waals surface area contributed by atoms with Gasteiger partial charge in [-0.3, -0.25) is 9.59 Å². The largest absolute Gasteiger partial charge is 0.435 e. The number of aromatic nitrogens is 2. The quantitative estimate of drug-likeness (QED) is 0.581. The molecule has 0 unspecified atom stereocenters. The summed E-state index contributed by atoms with van der Waals surface area (Å²) in [6, 6.07) is 11.1. The van der Waals surface area contributed by atoms with Crippen molar-refractivity contribution < 1.29 is 27.8 Å². The molecule has 2 N–H and O–H groups in total. The zero-order valence-corrected chi connectivity index (χ0v) is 17.1. The zero-order chi connectivity index (χ0) is 23.4. The third kappa shape index (κ3) is 5.33. The van der Waals surface area contributed by atoms with Crippen molar-refractivity contribution >= 4 is 5.91 Å². The van der Waals surface area contributed by atoms with E-state index in [0.29, 0.717) is 5.56 Å². The SMILES string of the molecule is C[C@H](NC(=O)c1cc(-c2ccc(OC(F)F)cc2)nn(-c2cccc(F)c2)c1=O)[C@@H](C)O. The minimum atomic E-state index is -2.99. The topological polar surface area (TPSA) is 93.5 Å². The first-order valence-electron chi connectivity index (χ1n) is 9.60. The van der Waals surface area contributed by atoms with E-state index in [1.807, 2.05) is 0 Å². The fraction of sp³-hybridized carbons (Fsp3) is 0.227. The average Bonchev–Trinajstić information content (AvgIpc) is 2.74. The van der Waals surface area contributed by atoms with Crippen molar-refractivity contribution in [2.24, 2.45) is 0 Å². The van der Waals surface area contributed by atoms with Gasteiger partial charge in [-0.25, -0.2) is 4.39 Å². The molecule has 0 spiro atoms. The molecule has 168 valence electrons. The lowest BCUT2D eigenvalue weighted by molar-refractivity contribution is -0.0498. The summed E-state index contributed by atoms with van der Waals surface area (Å²) in [7, 11) is 0. The highest BCUT2D eigenvalue weighted by molar-refractivity contribution is 5.95. The molecule has 2 atom stereocenters. The number of amides is 1. The number of nitrogens with zero attached hydrogens (tertiary/aromatic N) is 2. The second kappa shape index (κ2) is 9.65. The Labute approximate surface area is 181 Å².